The van der Waals surface area contributed by atoms with Gasteiger partial charge in [0.1, 0.15) is 0 Å². The zero-order valence-corrected chi connectivity index (χ0v) is 14.4. The van der Waals surface area contributed by atoms with E-state index in [1.54, 1.807) is 28.9 Å². The molecule has 1 atom stereocenters. The Morgan fingerprint density at radius 1 is 1.20 bits per heavy atom. The number of benzene rings is 2. The van der Waals surface area contributed by atoms with Crippen LogP contribution in [-0.2, 0) is 0 Å². The van der Waals surface area contributed by atoms with Crippen molar-refractivity contribution >= 4 is 17.3 Å². The maximum Gasteiger partial charge on any atom is 0.269 e. The highest BCUT2D eigenvalue weighted by Gasteiger charge is 2.29. The predicted molar refractivity (Wildman–Crippen MR) is 91.9 cm³/mol. The van der Waals surface area contributed by atoms with Crippen LogP contribution in [0, 0.1) is 10.1 Å². The molecule has 0 aliphatic carbocycles. The Hall–Kier alpha value is -2.84. The minimum Gasteiger partial charge on any atom is -0.327 e. The van der Waals surface area contributed by atoms with Crippen LogP contribution in [0.2, 0.25) is 5.02 Å². The summed E-state index contributed by atoms with van der Waals surface area (Å²) >= 11 is 6.07. The first kappa shape index (κ1) is 17.0. The third-order valence-electron chi connectivity index (χ3n) is 3.80. The number of aromatic nitrogens is 4. The highest BCUT2D eigenvalue weighted by molar-refractivity contribution is 6.30. The molecular weight excluding hydrogens is 344 g/mol. The summed E-state index contributed by atoms with van der Waals surface area (Å²) in [4.78, 5) is 11.7. The number of nitrogens with one attached hydrogen (secondary N) is 1. The highest BCUT2D eigenvalue weighted by Crippen LogP contribution is 2.23. The maximum atomic E-state index is 11.1. The Kier molecular flexibility index (Phi) is 4.73. The Balaban J connectivity index is 2.11. The summed E-state index contributed by atoms with van der Waals surface area (Å²) in [5, 5.41) is 23.7. The van der Waals surface area contributed by atoms with Crippen LogP contribution in [0.5, 0.6) is 0 Å². The lowest BCUT2D eigenvalue weighted by molar-refractivity contribution is -0.886. The second-order valence-electron chi connectivity index (χ2n) is 5.79. The van der Waals surface area contributed by atoms with Crippen LogP contribution in [0.4, 0.5) is 5.69 Å². The minimum absolute atomic E-state index is 0.0329. The molecule has 0 aliphatic rings. The molecule has 1 N–H and O–H groups in total. The van der Waals surface area contributed by atoms with E-state index in [9.17, 15) is 10.1 Å². The van der Waals surface area contributed by atoms with E-state index in [1.165, 1.54) is 6.07 Å². The van der Waals surface area contributed by atoms with Gasteiger partial charge in [0.2, 0.25) is 5.82 Å². The summed E-state index contributed by atoms with van der Waals surface area (Å²) in [7, 11) is 3.89. The minimum atomic E-state index is -0.411. The molecule has 9 heteroatoms. The number of nitro groups is 1. The summed E-state index contributed by atoms with van der Waals surface area (Å²) < 4.78 is 1.60. The number of rotatable bonds is 5. The van der Waals surface area contributed by atoms with Gasteiger partial charge in [-0.1, -0.05) is 29.8 Å². The van der Waals surface area contributed by atoms with E-state index in [-0.39, 0.29) is 11.7 Å². The number of halogens is 1. The summed E-state index contributed by atoms with van der Waals surface area (Å²) in [5.74, 6) is 0.572. The number of nitro benzene ring substituents is 1. The first-order valence-electron chi connectivity index (χ1n) is 7.56. The van der Waals surface area contributed by atoms with Crippen molar-refractivity contribution in [3.63, 3.8) is 0 Å². The van der Waals surface area contributed by atoms with Gasteiger partial charge < -0.3 is 4.90 Å². The Bertz CT molecular complexity index is 911. The van der Waals surface area contributed by atoms with Crippen molar-refractivity contribution in [1.29, 1.82) is 0 Å². The first-order valence-corrected chi connectivity index (χ1v) is 7.94. The number of hydrogen-bond acceptors (Lipinski definition) is 5. The maximum absolute atomic E-state index is 11.1. The van der Waals surface area contributed by atoms with Crippen molar-refractivity contribution < 1.29 is 9.82 Å². The van der Waals surface area contributed by atoms with E-state index < -0.39 is 4.92 Å². The van der Waals surface area contributed by atoms with E-state index >= 15 is 0 Å². The highest BCUT2D eigenvalue weighted by atomic mass is 35.5. The molecule has 0 aliphatic heterocycles. The van der Waals surface area contributed by atoms with E-state index in [0.29, 0.717) is 10.8 Å². The van der Waals surface area contributed by atoms with Gasteiger partial charge in [-0.15, -0.1) is 5.10 Å². The van der Waals surface area contributed by atoms with Crippen LogP contribution in [0.3, 0.4) is 0 Å². The molecular formula is C16H16ClN6O2+. The molecule has 2 aromatic carbocycles. The topological polar surface area (TPSA) is 91.2 Å². The lowest BCUT2D eigenvalue weighted by Crippen LogP contribution is -3.06. The summed E-state index contributed by atoms with van der Waals surface area (Å²) in [6, 6.07) is 13.4. The second-order valence-corrected chi connectivity index (χ2v) is 6.23. The Morgan fingerprint density at radius 3 is 2.64 bits per heavy atom. The third-order valence-corrected chi connectivity index (χ3v) is 4.03. The fraction of sp³-hybridized carbons (Fsp3) is 0.188. The van der Waals surface area contributed by atoms with Crippen LogP contribution >= 0.6 is 11.6 Å². The zero-order chi connectivity index (χ0) is 18.0. The van der Waals surface area contributed by atoms with E-state index in [0.717, 1.165) is 16.2 Å². The zero-order valence-electron chi connectivity index (χ0n) is 13.6. The van der Waals surface area contributed by atoms with Crippen molar-refractivity contribution in [2.75, 3.05) is 14.1 Å². The van der Waals surface area contributed by atoms with E-state index in [2.05, 4.69) is 15.5 Å². The normalized spacial score (nSPS) is 12.3. The fourth-order valence-corrected chi connectivity index (χ4v) is 2.91. The molecule has 0 spiro atoms. The number of hydrogen-bond donors (Lipinski definition) is 1. The largest absolute Gasteiger partial charge is 0.327 e. The molecule has 0 fully saturated rings. The lowest BCUT2D eigenvalue weighted by Gasteiger charge is -2.20. The van der Waals surface area contributed by atoms with Crippen molar-refractivity contribution in [3.8, 4) is 5.69 Å². The SMILES string of the molecule is C[NH+](C)[C@@H](c1cccc([N+](=O)[O-])c1)c1nnnn1-c1cccc(Cl)c1. The number of tetrazole rings is 1. The molecule has 25 heavy (non-hydrogen) atoms. The molecule has 3 aromatic rings. The Labute approximate surface area is 148 Å². The smallest absolute Gasteiger partial charge is 0.269 e. The van der Waals surface area contributed by atoms with Gasteiger partial charge in [0.05, 0.1) is 24.7 Å². The fourth-order valence-electron chi connectivity index (χ4n) is 2.72. The van der Waals surface area contributed by atoms with Crippen molar-refractivity contribution in [2.45, 2.75) is 6.04 Å². The summed E-state index contributed by atoms with van der Waals surface area (Å²) in [5.41, 5.74) is 1.52. The average molecular weight is 360 g/mol. The summed E-state index contributed by atoms with van der Waals surface area (Å²) in [6.07, 6.45) is 0. The molecule has 128 valence electrons. The standard InChI is InChI=1S/C16H15ClN6O2/c1-21(2)15(11-5-3-8-14(9-11)23(24)25)16-18-19-20-22(16)13-7-4-6-12(17)10-13/h3-10,15H,1-2H3/p+1/t15-/m0/s1. The summed E-state index contributed by atoms with van der Waals surface area (Å²) in [6.45, 7) is 0. The van der Waals surface area contributed by atoms with Crippen LogP contribution < -0.4 is 4.90 Å². The molecule has 1 heterocycles. The number of nitrogens with zero attached hydrogens (tertiary/aromatic N) is 5. The molecule has 0 amide bonds. The third kappa shape index (κ3) is 3.49. The van der Waals surface area contributed by atoms with Crippen LogP contribution in [0.25, 0.3) is 5.69 Å². The van der Waals surface area contributed by atoms with Gasteiger partial charge in [0, 0.05) is 22.7 Å². The van der Waals surface area contributed by atoms with Gasteiger partial charge >= 0.3 is 0 Å². The molecule has 3 rings (SSSR count). The first-order chi connectivity index (χ1) is 12.0. The lowest BCUT2D eigenvalue weighted by atomic mass is 10.0. The van der Waals surface area contributed by atoms with Gasteiger partial charge in [-0.3, -0.25) is 10.1 Å². The van der Waals surface area contributed by atoms with E-state index in [4.69, 9.17) is 11.6 Å². The monoisotopic (exact) mass is 359 g/mol. The van der Waals surface area contributed by atoms with Crippen molar-refractivity contribution in [3.05, 3.63) is 75.1 Å². The second kappa shape index (κ2) is 6.96. The van der Waals surface area contributed by atoms with Crippen LogP contribution in [0.1, 0.15) is 17.4 Å². The van der Waals surface area contributed by atoms with Crippen molar-refractivity contribution in [1.82, 2.24) is 20.2 Å². The average Bonchev–Trinajstić information content (AvgIpc) is 3.04. The van der Waals surface area contributed by atoms with Crippen molar-refractivity contribution in [2.24, 2.45) is 0 Å². The quantitative estimate of drug-likeness (QED) is 0.550. The predicted octanol–water partition coefficient (Wildman–Crippen LogP) is 1.46. The van der Waals surface area contributed by atoms with E-state index in [1.807, 2.05) is 32.3 Å². The van der Waals surface area contributed by atoms with Gasteiger partial charge in [0.25, 0.3) is 5.69 Å². The number of quaternary nitrogens is 1. The Morgan fingerprint density at radius 2 is 1.96 bits per heavy atom. The molecule has 0 saturated carbocycles. The molecule has 0 radical (unpaired) electrons. The number of non-ortho nitro benzene ring substituents is 1. The van der Waals surface area contributed by atoms with Crippen LogP contribution in [0.15, 0.2) is 48.5 Å². The van der Waals surface area contributed by atoms with Crippen LogP contribution in [-0.4, -0.2) is 39.2 Å². The van der Waals surface area contributed by atoms with Gasteiger partial charge in [-0.05, 0) is 28.6 Å². The molecule has 8 nitrogen and oxygen atoms in total. The molecule has 1 aromatic heterocycles. The van der Waals surface area contributed by atoms with Gasteiger partial charge in [-0.2, -0.15) is 4.68 Å². The van der Waals surface area contributed by atoms with Gasteiger partial charge in [-0.25, -0.2) is 0 Å². The molecule has 0 unspecified atom stereocenters. The van der Waals surface area contributed by atoms with Gasteiger partial charge in [0.15, 0.2) is 6.04 Å². The molecule has 0 bridgehead atoms. The molecule has 0 saturated heterocycles.